The van der Waals surface area contributed by atoms with Crippen molar-refractivity contribution >= 4 is 21.6 Å². The van der Waals surface area contributed by atoms with E-state index in [4.69, 9.17) is 5.73 Å². The first kappa shape index (κ1) is 11.5. The highest BCUT2D eigenvalue weighted by Gasteiger charge is 2.02. The highest BCUT2D eigenvalue weighted by Crippen LogP contribution is 2.19. The Bertz CT molecular complexity index is 276. The first-order valence-electron chi connectivity index (χ1n) is 4.98. The largest absolute Gasteiger partial charge is 0.372 e. The van der Waals surface area contributed by atoms with Crippen LogP contribution < -0.4 is 10.6 Å². The van der Waals surface area contributed by atoms with E-state index in [9.17, 15) is 0 Å². The Labute approximate surface area is 94.2 Å². The minimum absolute atomic E-state index is 0.754. The molecule has 2 N–H and O–H groups in total. The third-order valence-corrected chi connectivity index (χ3v) is 2.68. The minimum atomic E-state index is 0.754. The standard InChI is InChI=1S/C11H17BrN2/c1-2-14(8-4-7-13)11-6-3-5-10(12)9-11/h3,5-6,9H,2,4,7-8,13H2,1H3. The maximum atomic E-state index is 5.50. The molecule has 0 aliphatic heterocycles. The van der Waals surface area contributed by atoms with Crippen molar-refractivity contribution in [2.24, 2.45) is 5.73 Å². The summed E-state index contributed by atoms with van der Waals surface area (Å²) >= 11 is 3.48. The first-order chi connectivity index (χ1) is 6.77. The van der Waals surface area contributed by atoms with E-state index < -0.39 is 0 Å². The molecule has 0 atom stereocenters. The van der Waals surface area contributed by atoms with Gasteiger partial charge in [0.15, 0.2) is 0 Å². The molecule has 0 aromatic heterocycles. The minimum Gasteiger partial charge on any atom is -0.372 e. The molecule has 78 valence electrons. The Hall–Kier alpha value is -0.540. The van der Waals surface area contributed by atoms with Crippen molar-refractivity contribution in [1.29, 1.82) is 0 Å². The van der Waals surface area contributed by atoms with Gasteiger partial charge >= 0.3 is 0 Å². The van der Waals surface area contributed by atoms with Crippen LogP contribution in [-0.2, 0) is 0 Å². The second-order valence-electron chi connectivity index (χ2n) is 3.20. The Kier molecular flexibility index (Phi) is 4.98. The average molecular weight is 257 g/mol. The second-order valence-corrected chi connectivity index (χ2v) is 4.12. The SMILES string of the molecule is CCN(CCCN)c1cccc(Br)c1. The van der Waals surface area contributed by atoms with Crippen LogP contribution in [0.4, 0.5) is 5.69 Å². The maximum Gasteiger partial charge on any atom is 0.0377 e. The monoisotopic (exact) mass is 256 g/mol. The third-order valence-electron chi connectivity index (χ3n) is 2.19. The molecule has 0 bridgehead atoms. The van der Waals surface area contributed by atoms with Crippen molar-refractivity contribution in [2.75, 3.05) is 24.5 Å². The number of nitrogens with two attached hydrogens (primary N) is 1. The van der Waals surface area contributed by atoms with Gasteiger partial charge in [-0.25, -0.2) is 0 Å². The molecule has 0 aliphatic carbocycles. The van der Waals surface area contributed by atoms with E-state index in [1.165, 1.54) is 5.69 Å². The van der Waals surface area contributed by atoms with Gasteiger partial charge in [0.25, 0.3) is 0 Å². The van der Waals surface area contributed by atoms with E-state index in [1.54, 1.807) is 0 Å². The van der Waals surface area contributed by atoms with E-state index in [0.717, 1.165) is 30.5 Å². The molecule has 1 rings (SSSR count). The molecule has 0 unspecified atom stereocenters. The van der Waals surface area contributed by atoms with Crippen molar-refractivity contribution < 1.29 is 0 Å². The number of hydrogen-bond acceptors (Lipinski definition) is 2. The smallest absolute Gasteiger partial charge is 0.0377 e. The van der Waals surface area contributed by atoms with Gasteiger partial charge in [-0.2, -0.15) is 0 Å². The topological polar surface area (TPSA) is 29.3 Å². The number of hydrogen-bond donors (Lipinski definition) is 1. The Morgan fingerprint density at radius 1 is 1.43 bits per heavy atom. The van der Waals surface area contributed by atoms with Crippen LogP contribution in [0.2, 0.25) is 0 Å². The summed E-state index contributed by atoms with van der Waals surface area (Å²) in [7, 11) is 0. The lowest BCUT2D eigenvalue weighted by atomic mass is 10.2. The van der Waals surface area contributed by atoms with E-state index >= 15 is 0 Å². The summed E-state index contributed by atoms with van der Waals surface area (Å²) in [4.78, 5) is 2.33. The molecule has 0 saturated heterocycles. The van der Waals surface area contributed by atoms with E-state index in [-0.39, 0.29) is 0 Å². The van der Waals surface area contributed by atoms with Gasteiger partial charge < -0.3 is 10.6 Å². The zero-order valence-corrected chi connectivity index (χ0v) is 10.1. The van der Waals surface area contributed by atoms with Crippen molar-refractivity contribution in [3.63, 3.8) is 0 Å². The average Bonchev–Trinajstić information content (AvgIpc) is 2.19. The van der Waals surface area contributed by atoms with Gasteiger partial charge in [0.1, 0.15) is 0 Å². The predicted molar refractivity (Wildman–Crippen MR) is 65.7 cm³/mol. The van der Waals surface area contributed by atoms with Gasteiger partial charge in [-0.15, -0.1) is 0 Å². The summed E-state index contributed by atoms with van der Waals surface area (Å²) < 4.78 is 1.13. The maximum absolute atomic E-state index is 5.50. The number of halogens is 1. The molecule has 14 heavy (non-hydrogen) atoms. The molecule has 1 aromatic carbocycles. The number of nitrogens with zero attached hydrogens (tertiary/aromatic N) is 1. The molecule has 0 aliphatic rings. The van der Waals surface area contributed by atoms with Gasteiger partial charge in [0, 0.05) is 23.2 Å². The zero-order valence-electron chi connectivity index (χ0n) is 8.54. The molecular formula is C11H17BrN2. The quantitative estimate of drug-likeness (QED) is 0.878. The van der Waals surface area contributed by atoms with Crippen LogP contribution in [0.25, 0.3) is 0 Å². The summed E-state index contributed by atoms with van der Waals surface area (Å²) in [6, 6.07) is 8.37. The fourth-order valence-electron chi connectivity index (χ4n) is 1.42. The van der Waals surface area contributed by atoms with E-state index in [2.05, 4.69) is 46.0 Å². The summed E-state index contributed by atoms with van der Waals surface area (Å²) in [5.41, 5.74) is 6.76. The predicted octanol–water partition coefficient (Wildman–Crippen LogP) is 2.62. The van der Waals surface area contributed by atoms with Gasteiger partial charge in [0.05, 0.1) is 0 Å². The fourth-order valence-corrected chi connectivity index (χ4v) is 1.81. The van der Waals surface area contributed by atoms with Gasteiger partial charge in [-0.1, -0.05) is 22.0 Å². The molecule has 2 nitrogen and oxygen atoms in total. The van der Waals surface area contributed by atoms with Crippen molar-refractivity contribution in [3.05, 3.63) is 28.7 Å². The van der Waals surface area contributed by atoms with Crippen molar-refractivity contribution in [3.8, 4) is 0 Å². The molecule has 0 spiro atoms. The van der Waals surface area contributed by atoms with Crippen molar-refractivity contribution in [2.45, 2.75) is 13.3 Å². The lowest BCUT2D eigenvalue weighted by Gasteiger charge is -2.22. The molecule has 1 aromatic rings. The lowest BCUT2D eigenvalue weighted by Crippen LogP contribution is -2.25. The van der Waals surface area contributed by atoms with E-state index in [1.807, 2.05) is 6.07 Å². The number of rotatable bonds is 5. The fraction of sp³-hybridized carbons (Fsp3) is 0.455. The van der Waals surface area contributed by atoms with Gasteiger partial charge in [-0.3, -0.25) is 0 Å². The Morgan fingerprint density at radius 3 is 2.79 bits per heavy atom. The third kappa shape index (κ3) is 3.31. The van der Waals surface area contributed by atoms with Gasteiger partial charge in [-0.05, 0) is 38.1 Å². The second kappa shape index (κ2) is 6.04. The lowest BCUT2D eigenvalue weighted by molar-refractivity contribution is 0.754. The molecule has 0 radical (unpaired) electrons. The number of benzene rings is 1. The highest BCUT2D eigenvalue weighted by atomic mass is 79.9. The summed E-state index contributed by atoms with van der Waals surface area (Å²) in [6.07, 6.45) is 1.04. The van der Waals surface area contributed by atoms with Crippen LogP contribution in [0.1, 0.15) is 13.3 Å². The van der Waals surface area contributed by atoms with Crippen LogP contribution in [0.15, 0.2) is 28.7 Å². The molecule has 0 saturated carbocycles. The van der Waals surface area contributed by atoms with Crippen LogP contribution in [0.3, 0.4) is 0 Å². The zero-order chi connectivity index (χ0) is 10.4. The molecule has 3 heteroatoms. The van der Waals surface area contributed by atoms with E-state index in [0.29, 0.717) is 0 Å². The van der Waals surface area contributed by atoms with Crippen molar-refractivity contribution in [1.82, 2.24) is 0 Å². The Balaban J connectivity index is 2.68. The number of anilines is 1. The van der Waals surface area contributed by atoms with Crippen LogP contribution >= 0.6 is 15.9 Å². The van der Waals surface area contributed by atoms with Crippen LogP contribution in [0, 0.1) is 0 Å². The Morgan fingerprint density at radius 2 is 2.21 bits per heavy atom. The normalized spacial score (nSPS) is 10.2. The molecule has 0 amide bonds. The molecule has 0 fully saturated rings. The molecule has 0 heterocycles. The molecular weight excluding hydrogens is 240 g/mol. The summed E-state index contributed by atoms with van der Waals surface area (Å²) in [6.45, 7) is 4.97. The van der Waals surface area contributed by atoms with Crippen LogP contribution in [-0.4, -0.2) is 19.6 Å². The summed E-state index contributed by atoms with van der Waals surface area (Å²) in [5, 5.41) is 0. The highest BCUT2D eigenvalue weighted by molar-refractivity contribution is 9.10. The summed E-state index contributed by atoms with van der Waals surface area (Å²) in [5.74, 6) is 0. The van der Waals surface area contributed by atoms with Crippen LogP contribution in [0.5, 0.6) is 0 Å². The van der Waals surface area contributed by atoms with Gasteiger partial charge in [0.2, 0.25) is 0 Å². The first-order valence-corrected chi connectivity index (χ1v) is 5.77.